The normalized spacial score (nSPS) is 11.6. The molecule has 2 aromatic heterocycles. The minimum Gasteiger partial charge on any atom is -0.479 e. The predicted molar refractivity (Wildman–Crippen MR) is 96.2 cm³/mol. The molecule has 0 saturated carbocycles. The van der Waals surface area contributed by atoms with E-state index >= 15 is 0 Å². The highest BCUT2D eigenvalue weighted by Gasteiger charge is 2.33. The first-order valence-corrected chi connectivity index (χ1v) is 8.52. The molecule has 0 aliphatic carbocycles. The quantitative estimate of drug-likeness (QED) is 0.612. The topological polar surface area (TPSA) is 66.2 Å². The molecule has 0 N–H and O–H groups in total. The molecule has 2 heterocycles. The summed E-state index contributed by atoms with van der Waals surface area (Å²) in [6.45, 7) is 1.84. The van der Waals surface area contributed by atoms with Gasteiger partial charge in [0.25, 0.3) is 0 Å². The molecule has 9 heteroatoms. The molecule has 0 saturated heterocycles. The summed E-state index contributed by atoms with van der Waals surface area (Å²) in [6, 6.07) is 9.10. The number of fused-ring (bicyclic) bond motifs is 1. The van der Waals surface area contributed by atoms with Crippen LogP contribution in [0.1, 0.15) is 23.1 Å². The summed E-state index contributed by atoms with van der Waals surface area (Å²) >= 11 is 0. The van der Waals surface area contributed by atoms with Gasteiger partial charge < -0.3 is 14.0 Å². The molecule has 0 aliphatic heterocycles. The summed E-state index contributed by atoms with van der Waals surface area (Å²) < 4.78 is 49.6. The molecular weight excluding hydrogens is 375 g/mol. The first kappa shape index (κ1) is 19.7. The smallest absolute Gasteiger partial charge is 0.422 e. The number of aromatic nitrogens is 3. The van der Waals surface area contributed by atoms with Crippen molar-refractivity contribution in [2.75, 3.05) is 13.2 Å². The maximum absolute atomic E-state index is 12.8. The summed E-state index contributed by atoms with van der Waals surface area (Å²) in [5.74, 6) is -1.10. The van der Waals surface area contributed by atoms with E-state index in [1.807, 2.05) is 30.3 Å². The molecule has 148 valence electrons. The molecule has 0 amide bonds. The van der Waals surface area contributed by atoms with Gasteiger partial charge in [-0.15, -0.1) is 0 Å². The Morgan fingerprint density at radius 3 is 2.46 bits per heavy atom. The van der Waals surface area contributed by atoms with Crippen molar-refractivity contribution >= 4 is 17.1 Å². The lowest BCUT2D eigenvalue weighted by Gasteiger charge is -2.10. The average molecular weight is 393 g/mol. The molecule has 0 aliphatic rings. The number of aryl methyl sites for hydroxylation is 2. The van der Waals surface area contributed by atoms with E-state index in [0.717, 1.165) is 5.56 Å². The minimum atomic E-state index is -4.57. The van der Waals surface area contributed by atoms with E-state index in [1.54, 1.807) is 13.8 Å². The highest BCUT2D eigenvalue weighted by molar-refractivity contribution is 5.99. The van der Waals surface area contributed by atoms with E-state index in [4.69, 9.17) is 9.47 Å². The molecule has 0 bridgehead atoms. The Morgan fingerprint density at radius 2 is 1.86 bits per heavy atom. The lowest BCUT2D eigenvalue weighted by atomic mass is 10.1. The van der Waals surface area contributed by atoms with Gasteiger partial charge in [-0.05, 0) is 13.8 Å². The zero-order chi connectivity index (χ0) is 20.5. The van der Waals surface area contributed by atoms with Crippen LogP contribution >= 0.6 is 0 Å². The molecule has 0 atom stereocenters. The van der Waals surface area contributed by atoms with Crippen LogP contribution in [-0.4, -0.2) is 39.9 Å². The van der Waals surface area contributed by atoms with Crippen LogP contribution < -0.4 is 4.74 Å². The van der Waals surface area contributed by atoms with Gasteiger partial charge in [-0.1, -0.05) is 30.3 Å². The Kier molecular flexibility index (Phi) is 5.26. The van der Waals surface area contributed by atoms with Gasteiger partial charge in [0, 0.05) is 12.6 Å². The van der Waals surface area contributed by atoms with Crippen LogP contribution in [0, 0.1) is 6.92 Å². The molecule has 1 aromatic carbocycles. The minimum absolute atomic E-state index is 0.0637. The van der Waals surface area contributed by atoms with Gasteiger partial charge in [-0.2, -0.15) is 13.2 Å². The summed E-state index contributed by atoms with van der Waals surface area (Å²) in [5, 5.41) is 0. The van der Waals surface area contributed by atoms with Crippen molar-refractivity contribution in [2.45, 2.75) is 20.0 Å². The predicted octanol–water partition coefficient (Wildman–Crippen LogP) is 4.06. The van der Waals surface area contributed by atoms with E-state index in [2.05, 4.69) is 9.97 Å². The number of nitrogens with zero attached hydrogens (tertiary/aromatic N) is 3. The van der Waals surface area contributed by atoms with Gasteiger partial charge in [0.2, 0.25) is 0 Å². The second-order valence-electron chi connectivity index (χ2n) is 6.06. The van der Waals surface area contributed by atoms with Crippen molar-refractivity contribution in [1.29, 1.82) is 0 Å². The second-order valence-corrected chi connectivity index (χ2v) is 6.06. The van der Waals surface area contributed by atoms with E-state index in [1.165, 1.54) is 11.6 Å². The van der Waals surface area contributed by atoms with Gasteiger partial charge in [-0.3, -0.25) is 0 Å². The number of alkyl halides is 3. The Hall–Kier alpha value is -3.10. The summed E-state index contributed by atoms with van der Waals surface area (Å²) in [7, 11) is 1.51. The summed E-state index contributed by atoms with van der Waals surface area (Å²) in [5.41, 5.74) is 1.95. The highest BCUT2D eigenvalue weighted by Crippen LogP contribution is 2.34. The molecule has 0 spiro atoms. The third kappa shape index (κ3) is 3.78. The van der Waals surface area contributed by atoms with Crippen molar-refractivity contribution in [3.05, 3.63) is 41.7 Å². The number of esters is 1. The fourth-order valence-corrected chi connectivity index (χ4v) is 2.85. The van der Waals surface area contributed by atoms with Crippen molar-refractivity contribution in [3.8, 4) is 17.0 Å². The molecule has 3 aromatic rings. The van der Waals surface area contributed by atoms with Crippen molar-refractivity contribution in [1.82, 2.24) is 14.5 Å². The first-order valence-electron chi connectivity index (χ1n) is 8.52. The lowest BCUT2D eigenvalue weighted by molar-refractivity contribution is -0.153. The fourth-order valence-electron chi connectivity index (χ4n) is 2.85. The number of halogens is 3. The largest absolute Gasteiger partial charge is 0.479 e. The molecule has 6 nitrogen and oxygen atoms in total. The zero-order valence-corrected chi connectivity index (χ0v) is 15.5. The zero-order valence-electron chi connectivity index (χ0n) is 15.5. The second kappa shape index (κ2) is 7.49. The summed E-state index contributed by atoms with van der Waals surface area (Å²) in [4.78, 5) is 21.3. The number of carbonyl (C=O) groups is 1. The molecule has 3 rings (SSSR count). The SMILES string of the molecule is CCOC(=O)c1c(OCC(F)(F)F)c2nc(-c3ccccc3)c(C)nc2n1C. The number of benzene rings is 1. The molecule has 0 radical (unpaired) electrons. The Morgan fingerprint density at radius 1 is 1.18 bits per heavy atom. The Bertz CT molecular complexity index is 1010. The van der Waals surface area contributed by atoms with Crippen LogP contribution in [-0.2, 0) is 11.8 Å². The Balaban J connectivity index is 2.24. The van der Waals surface area contributed by atoms with Gasteiger partial charge in [-0.25, -0.2) is 14.8 Å². The standard InChI is InChI=1S/C19H18F3N3O3/c1-4-27-18(26)15-16(28-10-19(20,21)22)14-17(25(15)3)23-11(2)13(24-14)12-8-6-5-7-9-12/h5-9H,4,10H2,1-3H3. The lowest BCUT2D eigenvalue weighted by Crippen LogP contribution is -2.20. The number of ether oxygens (including phenoxy) is 2. The highest BCUT2D eigenvalue weighted by atomic mass is 19.4. The fraction of sp³-hybridized carbons (Fsp3) is 0.316. The third-order valence-corrected chi connectivity index (χ3v) is 4.03. The van der Waals surface area contributed by atoms with Crippen LogP contribution in [0.25, 0.3) is 22.4 Å². The van der Waals surface area contributed by atoms with Crippen LogP contribution in [0.4, 0.5) is 13.2 Å². The monoisotopic (exact) mass is 393 g/mol. The Labute approximate surface area is 158 Å². The van der Waals surface area contributed by atoms with Gasteiger partial charge >= 0.3 is 12.1 Å². The van der Waals surface area contributed by atoms with Gasteiger partial charge in [0.15, 0.2) is 29.2 Å². The number of carbonyl (C=O) groups excluding carboxylic acids is 1. The van der Waals surface area contributed by atoms with E-state index in [9.17, 15) is 18.0 Å². The van der Waals surface area contributed by atoms with Crippen molar-refractivity contribution in [2.24, 2.45) is 7.05 Å². The number of hydrogen-bond donors (Lipinski definition) is 0. The van der Waals surface area contributed by atoms with E-state index in [0.29, 0.717) is 11.4 Å². The number of rotatable bonds is 5. The molecule has 28 heavy (non-hydrogen) atoms. The average Bonchev–Trinajstić information content (AvgIpc) is 2.91. The van der Waals surface area contributed by atoms with Crippen LogP contribution in [0.5, 0.6) is 5.75 Å². The van der Waals surface area contributed by atoms with Crippen LogP contribution in [0.15, 0.2) is 30.3 Å². The van der Waals surface area contributed by atoms with Crippen LogP contribution in [0.2, 0.25) is 0 Å². The van der Waals surface area contributed by atoms with Crippen molar-refractivity contribution in [3.63, 3.8) is 0 Å². The molecule has 0 fully saturated rings. The van der Waals surface area contributed by atoms with E-state index in [-0.39, 0.29) is 29.2 Å². The number of hydrogen-bond acceptors (Lipinski definition) is 5. The molecular formula is C19H18F3N3O3. The molecule has 0 unspecified atom stereocenters. The summed E-state index contributed by atoms with van der Waals surface area (Å²) in [6.07, 6.45) is -4.57. The first-order chi connectivity index (χ1) is 13.2. The maximum atomic E-state index is 12.8. The van der Waals surface area contributed by atoms with Crippen molar-refractivity contribution < 1.29 is 27.4 Å². The van der Waals surface area contributed by atoms with Gasteiger partial charge in [0.1, 0.15) is 0 Å². The van der Waals surface area contributed by atoms with Crippen LogP contribution in [0.3, 0.4) is 0 Å². The van der Waals surface area contributed by atoms with E-state index < -0.39 is 18.8 Å². The van der Waals surface area contributed by atoms with Gasteiger partial charge in [0.05, 0.1) is 18.0 Å². The maximum Gasteiger partial charge on any atom is 0.422 e. The third-order valence-electron chi connectivity index (χ3n) is 4.03.